The fraction of sp³-hybridized carbons (Fsp3) is 0.368. The summed E-state index contributed by atoms with van der Waals surface area (Å²) in [7, 11) is 0. The van der Waals surface area contributed by atoms with Crippen molar-refractivity contribution in [2.24, 2.45) is 0 Å². The second kappa shape index (κ2) is 5.90. The van der Waals surface area contributed by atoms with E-state index in [1.807, 2.05) is 36.9 Å². The topological polar surface area (TPSA) is 108 Å². The van der Waals surface area contributed by atoms with Crippen molar-refractivity contribution < 1.29 is 9.90 Å². The van der Waals surface area contributed by atoms with Gasteiger partial charge < -0.3 is 20.6 Å². The molecule has 1 saturated heterocycles. The van der Waals surface area contributed by atoms with Gasteiger partial charge in [-0.1, -0.05) is 6.07 Å². The summed E-state index contributed by atoms with van der Waals surface area (Å²) in [5.41, 5.74) is 2.60. The number of aliphatic hydroxyl groups is 1. The molecule has 2 aromatic heterocycles. The van der Waals surface area contributed by atoms with E-state index in [9.17, 15) is 9.90 Å². The number of rotatable bonds is 3. The molecule has 5 rings (SSSR count). The van der Waals surface area contributed by atoms with Gasteiger partial charge in [0.05, 0.1) is 5.41 Å². The molecule has 9 nitrogen and oxygen atoms in total. The fourth-order valence-electron chi connectivity index (χ4n) is 3.86. The van der Waals surface area contributed by atoms with Crippen LogP contribution in [0.15, 0.2) is 30.6 Å². The van der Waals surface area contributed by atoms with Gasteiger partial charge in [0.2, 0.25) is 11.9 Å². The number of carbonyl (C=O) groups is 1. The summed E-state index contributed by atoms with van der Waals surface area (Å²) in [6.45, 7) is 4.56. The van der Waals surface area contributed by atoms with Gasteiger partial charge in [-0.25, -0.2) is 9.50 Å². The largest absolute Gasteiger partial charge is 0.374 e. The number of nitrogens with one attached hydrogen (secondary N) is 2. The Morgan fingerprint density at radius 2 is 2.21 bits per heavy atom. The van der Waals surface area contributed by atoms with Crippen LogP contribution in [-0.2, 0) is 10.2 Å². The van der Waals surface area contributed by atoms with Crippen LogP contribution >= 0.6 is 0 Å². The Hall–Kier alpha value is -3.20. The number of fused-ring (bicyclic) bond motifs is 2. The molecule has 4 heterocycles. The predicted octanol–water partition coefficient (Wildman–Crippen LogP) is 2.02. The van der Waals surface area contributed by atoms with Crippen LogP contribution in [0.2, 0.25) is 0 Å². The second-order valence-electron chi connectivity index (χ2n) is 7.74. The van der Waals surface area contributed by atoms with Gasteiger partial charge in [0.1, 0.15) is 6.23 Å². The number of anilines is 4. The summed E-state index contributed by atoms with van der Waals surface area (Å²) >= 11 is 0. The molecule has 144 valence electrons. The predicted molar refractivity (Wildman–Crippen MR) is 105 cm³/mol. The molecule has 3 aromatic rings. The molecular formula is C19H21N7O2. The Kier molecular flexibility index (Phi) is 3.57. The molecule has 3 N–H and O–H groups in total. The molecule has 1 fully saturated rings. The van der Waals surface area contributed by atoms with Crippen LogP contribution in [0.1, 0.15) is 32.3 Å². The van der Waals surface area contributed by atoms with Gasteiger partial charge >= 0.3 is 0 Å². The molecule has 0 saturated carbocycles. The van der Waals surface area contributed by atoms with Gasteiger partial charge in [0, 0.05) is 30.3 Å². The first-order chi connectivity index (χ1) is 13.4. The van der Waals surface area contributed by atoms with Crippen molar-refractivity contribution in [3.63, 3.8) is 0 Å². The monoisotopic (exact) mass is 379 g/mol. The minimum absolute atomic E-state index is 0.00890. The highest BCUT2D eigenvalue weighted by Crippen LogP contribution is 2.39. The number of amides is 1. The molecule has 1 amide bonds. The molecule has 0 bridgehead atoms. The van der Waals surface area contributed by atoms with E-state index in [0.29, 0.717) is 17.4 Å². The molecule has 28 heavy (non-hydrogen) atoms. The third-order valence-corrected chi connectivity index (χ3v) is 5.49. The Balaban J connectivity index is 1.47. The van der Waals surface area contributed by atoms with Crippen molar-refractivity contribution >= 4 is 34.7 Å². The lowest BCUT2D eigenvalue weighted by Crippen LogP contribution is -2.29. The number of carbonyl (C=O) groups excluding carboxylic acids is 1. The Bertz CT molecular complexity index is 1090. The third-order valence-electron chi connectivity index (χ3n) is 5.49. The number of hydrogen-bond donors (Lipinski definition) is 3. The van der Waals surface area contributed by atoms with Crippen LogP contribution in [0, 0.1) is 0 Å². The maximum atomic E-state index is 12.1. The van der Waals surface area contributed by atoms with Gasteiger partial charge in [-0.3, -0.25) is 4.79 Å². The summed E-state index contributed by atoms with van der Waals surface area (Å²) < 4.78 is 1.65. The maximum Gasteiger partial charge on any atom is 0.247 e. The van der Waals surface area contributed by atoms with Gasteiger partial charge in [-0.05, 0) is 44.4 Å². The second-order valence-corrected chi connectivity index (χ2v) is 7.74. The van der Waals surface area contributed by atoms with E-state index >= 15 is 0 Å². The Labute approximate surface area is 161 Å². The van der Waals surface area contributed by atoms with Crippen molar-refractivity contribution in [2.75, 3.05) is 22.1 Å². The molecule has 1 unspecified atom stereocenters. The van der Waals surface area contributed by atoms with Crippen LogP contribution in [0.5, 0.6) is 0 Å². The Morgan fingerprint density at radius 3 is 3.00 bits per heavy atom. The van der Waals surface area contributed by atoms with Gasteiger partial charge in [-0.2, -0.15) is 4.98 Å². The smallest absolute Gasteiger partial charge is 0.247 e. The third kappa shape index (κ3) is 2.50. The SMILES string of the molecule is CC1(C)C(=O)Nc2cc(Nc3nc4c(N5CCCC5O)nccn4n3)ccc21. The van der Waals surface area contributed by atoms with Crippen molar-refractivity contribution in [3.8, 4) is 0 Å². The molecule has 2 aliphatic heterocycles. The average molecular weight is 379 g/mol. The standard InChI is InChI=1S/C19H21N7O2/c1-19(2)12-6-5-11(10-13(12)22-17(19)28)21-18-23-16-15(20-7-9-26(16)24-18)25-8-3-4-14(25)27/h5-7,9-10,14,27H,3-4,8H2,1-2H3,(H,21,24)(H,22,28). The molecular weight excluding hydrogens is 358 g/mol. The Morgan fingerprint density at radius 1 is 1.36 bits per heavy atom. The number of nitrogens with zero attached hydrogens (tertiary/aromatic N) is 5. The summed E-state index contributed by atoms with van der Waals surface area (Å²) in [6.07, 6.45) is 4.47. The summed E-state index contributed by atoms with van der Waals surface area (Å²) in [5, 5.41) is 20.7. The normalized spacial score (nSPS) is 20.5. The highest BCUT2D eigenvalue weighted by atomic mass is 16.3. The van der Waals surface area contributed by atoms with Crippen molar-refractivity contribution in [3.05, 3.63) is 36.2 Å². The molecule has 9 heteroatoms. The van der Waals surface area contributed by atoms with Crippen molar-refractivity contribution in [1.29, 1.82) is 0 Å². The highest BCUT2D eigenvalue weighted by molar-refractivity contribution is 6.06. The van der Waals surface area contributed by atoms with E-state index in [0.717, 1.165) is 36.3 Å². The van der Waals surface area contributed by atoms with Crippen LogP contribution in [0.4, 0.5) is 23.1 Å². The molecule has 0 spiro atoms. The van der Waals surface area contributed by atoms with Crippen LogP contribution in [0.3, 0.4) is 0 Å². The van der Waals surface area contributed by atoms with E-state index in [1.54, 1.807) is 16.9 Å². The number of benzene rings is 1. The zero-order valence-electron chi connectivity index (χ0n) is 15.7. The lowest BCUT2D eigenvalue weighted by molar-refractivity contribution is -0.119. The molecule has 2 aliphatic rings. The van der Waals surface area contributed by atoms with E-state index in [4.69, 9.17) is 0 Å². The van der Waals surface area contributed by atoms with Gasteiger partial charge in [0.15, 0.2) is 11.5 Å². The summed E-state index contributed by atoms with van der Waals surface area (Å²) in [6, 6.07) is 5.74. The number of aromatic nitrogens is 4. The molecule has 1 atom stereocenters. The average Bonchev–Trinajstić information content (AvgIpc) is 3.31. The molecule has 1 aromatic carbocycles. The highest BCUT2D eigenvalue weighted by Gasteiger charge is 2.38. The summed E-state index contributed by atoms with van der Waals surface area (Å²) in [4.78, 5) is 22.9. The maximum absolute atomic E-state index is 12.1. The van der Waals surface area contributed by atoms with E-state index in [1.165, 1.54) is 0 Å². The van der Waals surface area contributed by atoms with Crippen LogP contribution < -0.4 is 15.5 Å². The number of aliphatic hydroxyl groups excluding tert-OH is 1. The minimum atomic E-state index is -0.546. The first kappa shape index (κ1) is 16.9. The fourth-order valence-corrected chi connectivity index (χ4v) is 3.86. The van der Waals surface area contributed by atoms with E-state index in [2.05, 4.69) is 25.7 Å². The van der Waals surface area contributed by atoms with Crippen molar-refractivity contribution in [2.45, 2.75) is 38.3 Å². The zero-order valence-corrected chi connectivity index (χ0v) is 15.7. The van der Waals surface area contributed by atoms with Crippen LogP contribution in [-0.4, -0.2) is 43.4 Å². The first-order valence-electron chi connectivity index (χ1n) is 9.32. The lowest BCUT2D eigenvalue weighted by atomic mass is 9.86. The first-order valence-corrected chi connectivity index (χ1v) is 9.32. The van der Waals surface area contributed by atoms with Crippen LogP contribution in [0.25, 0.3) is 5.65 Å². The zero-order chi connectivity index (χ0) is 19.5. The van der Waals surface area contributed by atoms with Gasteiger partial charge in [-0.15, -0.1) is 5.10 Å². The summed E-state index contributed by atoms with van der Waals surface area (Å²) in [5.74, 6) is 1.04. The van der Waals surface area contributed by atoms with Crippen molar-refractivity contribution in [1.82, 2.24) is 19.6 Å². The minimum Gasteiger partial charge on any atom is -0.374 e. The van der Waals surface area contributed by atoms with E-state index in [-0.39, 0.29) is 5.91 Å². The number of hydrogen-bond acceptors (Lipinski definition) is 7. The quantitative estimate of drug-likeness (QED) is 0.639. The molecule has 0 radical (unpaired) electrons. The lowest BCUT2D eigenvalue weighted by Gasteiger charge is -2.20. The van der Waals surface area contributed by atoms with Gasteiger partial charge in [0.25, 0.3) is 0 Å². The van der Waals surface area contributed by atoms with E-state index < -0.39 is 11.6 Å². The molecule has 0 aliphatic carbocycles.